The molecule has 0 amide bonds. The summed E-state index contributed by atoms with van der Waals surface area (Å²) in [4.78, 5) is 33.3. The van der Waals surface area contributed by atoms with Crippen molar-refractivity contribution in [2.45, 2.75) is 122 Å². The molecule has 0 rings (SSSR count). The molecule has 1 atom stereocenters. The van der Waals surface area contributed by atoms with Gasteiger partial charge in [0.15, 0.2) is 6.10 Å². The number of rotatable bonds is 20. The van der Waals surface area contributed by atoms with E-state index in [1.165, 1.54) is 64.2 Å². The largest absolute Gasteiger partial charge is 0.393 e. The molecule has 1 unspecified atom stereocenters. The highest BCUT2D eigenvalue weighted by atomic mass is 16.6. The van der Waals surface area contributed by atoms with E-state index in [4.69, 9.17) is 10.2 Å². The summed E-state index contributed by atoms with van der Waals surface area (Å²) in [7, 11) is 0. The first kappa shape index (κ1) is 27.7. The smallest absolute Gasteiger partial charge is 0.345 e. The lowest BCUT2D eigenvalue weighted by Gasteiger charge is -2.06. The summed E-state index contributed by atoms with van der Waals surface area (Å²) >= 11 is 0. The highest BCUT2D eigenvalue weighted by Crippen LogP contribution is 2.14. The summed E-state index contributed by atoms with van der Waals surface area (Å²) in [5.41, 5.74) is 0. The standard InChI is InChI=1S/C23H42O6/c1-20(25)17-15-13-11-9-7-5-3-2-4-6-8-10-12-14-16-18-22(27)29-23(28)21(26)19-24/h21,24,26H,2-19H2,1H3. The van der Waals surface area contributed by atoms with E-state index in [1.54, 1.807) is 6.92 Å². The zero-order chi connectivity index (χ0) is 21.7. The molecule has 0 radical (unpaired) electrons. The third kappa shape index (κ3) is 19.8. The number of carbonyl (C=O) groups is 3. The van der Waals surface area contributed by atoms with Crippen molar-refractivity contribution >= 4 is 17.7 Å². The van der Waals surface area contributed by atoms with Gasteiger partial charge in [-0.3, -0.25) is 4.79 Å². The molecule has 6 nitrogen and oxygen atoms in total. The van der Waals surface area contributed by atoms with Crippen molar-refractivity contribution in [1.82, 2.24) is 0 Å². The van der Waals surface area contributed by atoms with Gasteiger partial charge in [0.25, 0.3) is 0 Å². The molecule has 6 heteroatoms. The van der Waals surface area contributed by atoms with Crippen molar-refractivity contribution < 1.29 is 29.3 Å². The molecule has 0 saturated carbocycles. The van der Waals surface area contributed by atoms with Gasteiger partial charge in [-0.05, 0) is 19.8 Å². The Kier molecular flexibility index (Phi) is 19.1. The van der Waals surface area contributed by atoms with E-state index in [-0.39, 0.29) is 6.42 Å². The second kappa shape index (κ2) is 20.0. The van der Waals surface area contributed by atoms with Crippen LogP contribution in [0, 0.1) is 0 Å². The Labute approximate surface area is 176 Å². The SMILES string of the molecule is CC(=O)CCCCCCCCCCCCCCCCCC(=O)OC(=O)C(O)CO. The van der Waals surface area contributed by atoms with Gasteiger partial charge < -0.3 is 19.7 Å². The maximum atomic E-state index is 11.4. The van der Waals surface area contributed by atoms with Crippen molar-refractivity contribution in [3.63, 3.8) is 0 Å². The third-order valence-electron chi connectivity index (χ3n) is 5.07. The van der Waals surface area contributed by atoms with E-state index in [1.807, 2.05) is 0 Å². The Balaban J connectivity index is 3.23. The molecule has 2 N–H and O–H groups in total. The van der Waals surface area contributed by atoms with E-state index >= 15 is 0 Å². The quantitative estimate of drug-likeness (QED) is 0.171. The molecule has 0 aromatic carbocycles. The maximum absolute atomic E-state index is 11.4. The predicted molar refractivity (Wildman–Crippen MR) is 113 cm³/mol. The third-order valence-corrected chi connectivity index (χ3v) is 5.07. The lowest BCUT2D eigenvalue weighted by Crippen LogP contribution is -2.28. The van der Waals surface area contributed by atoms with Gasteiger partial charge in [-0.25, -0.2) is 4.79 Å². The molecule has 29 heavy (non-hydrogen) atoms. The number of carbonyl (C=O) groups excluding carboxylic acids is 3. The van der Waals surface area contributed by atoms with Crippen LogP contribution in [-0.4, -0.2) is 40.6 Å². The van der Waals surface area contributed by atoms with Crippen molar-refractivity contribution in [2.75, 3.05) is 6.61 Å². The highest BCUT2D eigenvalue weighted by Gasteiger charge is 2.18. The van der Waals surface area contributed by atoms with Crippen LogP contribution in [0.3, 0.4) is 0 Å². The summed E-state index contributed by atoms with van der Waals surface area (Å²) in [6, 6.07) is 0. The van der Waals surface area contributed by atoms with E-state index in [2.05, 4.69) is 4.74 Å². The van der Waals surface area contributed by atoms with Gasteiger partial charge in [0, 0.05) is 12.8 Å². The summed E-state index contributed by atoms with van der Waals surface area (Å²) in [6.45, 7) is 0.925. The molecule has 0 spiro atoms. The molecule has 0 aromatic rings. The van der Waals surface area contributed by atoms with Gasteiger partial charge in [0.2, 0.25) is 0 Å². The molecule has 0 aliphatic heterocycles. The summed E-state index contributed by atoms with van der Waals surface area (Å²) < 4.78 is 4.44. The van der Waals surface area contributed by atoms with E-state index in [9.17, 15) is 14.4 Å². The number of aliphatic hydroxyl groups is 2. The van der Waals surface area contributed by atoms with Crippen molar-refractivity contribution in [3.05, 3.63) is 0 Å². The number of esters is 2. The van der Waals surface area contributed by atoms with Crippen molar-refractivity contribution in [3.8, 4) is 0 Å². The fourth-order valence-electron chi connectivity index (χ4n) is 3.25. The number of hydrogen-bond donors (Lipinski definition) is 2. The van der Waals surface area contributed by atoms with Gasteiger partial charge in [0.05, 0.1) is 6.61 Å². The Morgan fingerprint density at radius 3 is 1.34 bits per heavy atom. The summed E-state index contributed by atoms with van der Waals surface area (Å²) in [6.07, 6.45) is 16.9. The monoisotopic (exact) mass is 414 g/mol. The lowest BCUT2D eigenvalue weighted by molar-refractivity contribution is -0.167. The zero-order valence-corrected chi connectivity index (χ0v) is 18.3. The van der Waals surface area contributed by atoms with Crippen LogP contribution in [0.15, 0.2) is 0 Å². The van der Waals surface area contributed by atoms with Crippen LogP contribution in [0.25, 0.3) is 0 Å². The van der Waals surface area contributed by atoms with Gasteiger partial charge in [0.1, 0.15) is 5.78 Å². The second-order valence-electron chi connectivity index (χ2n) is 8.00. The fourth-order valence-corrected chi connectivity index (χ4v) is 3.25. The number of hydrogen-bond acceptors (Lipinski definition) is 6. The molecule has 0 heterocycles. The molecule has 0 aromatic heterocycles. The molecule has 0 fully saturated rings. The normalized spacial score (nSPS) is 12.0. The topological polar surface area (TPSA) is 101 Å². The van der Waals surface area contributed by atoms with Crippen molar-refractivity contribution in [2.24, 2.45) is 0 Å². The highest BCUT2D eigenvalue weighted by molar-refractivity contribution is 5.87. The average Bonchev–Trinajstić information content (AvgIpc) is 2.69. The summed E-state index contributed by atoms with van der Waals surface area (Å²) in [5, 5.41) is 17.6. The Morgan fingerprint density at radius 2 is 1.00 bits per heavy atom. The number of ether oxygens (including phenoxy) is 1. The number of aliphatic hydroxyl groups excluding tert-OH is 2. The van der Waals surface area contributed by atoms with Gasteiger partial charge in [-0.2, -0.15) is 0 Å². The molecule has 0 saturated heterocycles. The van der Waals surface area contributed by atoms with E-state index in [0.29, 0.717) is 12.2 Å². The van der Waals surface area contributed by atoms with Gasteiger partial charge in [-0.15, -0.1) is 0 Å². The second-order valence-corrected chi connectivity index (χ2v) is 8.00. The average molecular weight is 415 g/mol. The molecule has 0 bridgehead atoms. The van der Waals surface area contributed by atoms with Crippen LogP contribution >= 0.6 is 0 Å². The van der Waals surface area contributed by atoms with E-state index in [0.717, 1.165) is 32.1 Å². The molecule has 170 valence electrons. The first-order chi connectivity index (χ1) is 14.0. The molecular weight excluding hydrogens is 372 g/mol. The number of Topliss-reactive ketones (excluding diaryl/α,β-unsaturated/α-hetero) is 1. The fraction of sp³-hybridized carbons (Fsp3) is 0.870. The first-order valence-corrected chi connectivity index (χ1v) is 11.5. The van der Waals surface area contributed by atoms with Crippen LogP contribution in [0.1, 0.15) is 116 Å². The Bertz CT molecular complexity index is 435. The van der Waals surface area contributed by atoms with Crippen LogP contribution in [0.4, 0.5) is 0 Å². The first-order valence-electron chi connectivity index (χ1n) is 11.5. The molecular formula is C23H42O6. The van der Waals surface area contributed by atoms with Crippen LogP contribution in [0.2, 0.25) is 0 Å². The minimum absolute atomic E-state index is 0.167. The van der Waals surface area contributed by atoms with Crippen LogP contribution in [-0.2, 0) is 19.1 Å². The molecule has 0 aliphatic carbocycles. The minimum atomic E-state index is -1.64. The minimum Gasteiger partial charge on any atom is -0.393 e. The summed E-state index contributed by atoms with van der Waals surface area (Å²) in [5.74, 6) is -1.42. The number of unbranched alkanes of at least 4 members (excludes halogenated alkanes) is 14. The Morgan fingerprint density at radius 1 is 0.655 bits per heavy atom. The lowest BCUT2D eigenvalue weighted by atomic mass is 10.0. The zero-order valence-electron chi connectivity index (χ0n) is 18.3. The van der Waals surface area contributed by atoms with Crippen LogP contribution in [0.5, 0.6) is 0 Å². The van der Waals surface area contributed by atoms with Gasteiger partial charge in [-0.1, -0.05) is 83.5 Å². The van der Waals surface area contributed by atoms with E-state index < -0.39 is 24.6 Å². The van der Waals surface area contributed by atoms with Crippen molar-refractivity contribution in [1.29, 1.82) is 0 Å². The number of ketones is 1. The predicted octanol–water partition coefficient (Wildman–Crippen LogP) is 4.63. The molecule has 0 aliphatic rings. The van der Waals surface area contributed by atoms with Gasteiger partial charge >= 0.3 is 11.9 Å². The Hall–Kier alpha value is -1.27. The maximum Gasteiger partial charge on any atom is 0.345 e. The van der Waals surface area contributed by atoms with Crippen LogP contribution < -0.4 is 0 Å².